The van der Waals surface area contributed by atoms with E-state index < -0.39 is 0 Å². The van der Waals surface area contributed by atoms with Gasteiger partial charge in [-0.25, -0.2) is 0 Å². The number of hydrogen-bond donors (Lipinski definition) is 2. The fourth-order valence-corrected chi connectivity index (χ4v) is 4.14. The lowest BCUT2D eigenvalue weighted by Gasteiger charge is -2.20. The highest BCUT2D eigenvalue weighted by atomic mass is 79.9. The summed E-state index contributed by atoms with van der Waals surface area (Å²) in [5.74, 6) is 1.56. The Morgan fingerprint density at radius 2 is 2.28 bits per heavy atom. The minimum absolute atomic E-state index is 0.378. The van der Waals surface area contributed by atoms with Crippen molar-refractivity contribution in [2.24, 2.45) is 0 Å². The molecule has 100 valence electrons. The van der Waals surface area contributed by atoms with Gasteiger partial charge >= 0.3 is 0 Å². The number of aromatic hydroxyl groups is 1. The molecular weight excluding hydrogens is 310 g/mol. The highest BCUT2D eigenvalue weighted by molar-refractivity contribution is 9.10. The maximum absolute atomic E-state index is 9.81. The van der Waals surface area contributed by atoms with E-state index in [0.717, 1.165) is 21.8 Å². The molecule has 2 N–H and O–H groups in total. The third-order valence-electron chi connectivity index (χ3n) is 3.43. The van der Waals surface area contributed by atoms with E-state index in [1.807, 2.05) is 12.1 Å². The van der Waals surface area contributed by atoms with Crippen LogP contribution in [-0.2, 0) is 6.54 Å². The second-order valence-electron chi connectivity index (χ2n) is 4.69. The highest BCUT2D eigenvalue weighted by Gasteiger charge is 2.26. The highest BCUT2D eigenvalue weighted by Crippen LogP contribution is 2.30. The van der Waals surface area contributed by atoms with Crippen molar-refractivity contribution in [3.8, 4) is 5.75 Å². The van der Waals surface area contributed by atoms with Crippen molar-refractivity contribution in [1.82, 2.24) is 5.32 Å². The molecule has 0 aromatic heterocycles. The monoisotopic (exact) mass is 329 g/mol. The summed E-state index contributed by atoms with van der Waals surface area (Å²) >= 11 is 5.50. The second kappa shape index (κ2) is 6.83. The topological polar surface area (TPSA) is 32.3 Å². The van der Waals surface area contributed by atoms with Gasteiger partial charge in [-0.2, -0.15) is 11.8 Å². The van der Waals surface area contributed by atoms with E-state index in [0.29, 0.717) is 11.8 Å². The first kappa shape index (κ1) is 14.2. The van der Waals surface area contributed by atoms with E-state index in [1.165, 1.54) is 25.0 Å². The largest absolute Gasteiger partial charge is 0.508 e. The van der Waals surface area contributed by atoms with Crippen LogP contribution in [0, 0.1) is 0 Å². The predicted molar refractivity (Wildman–Crippen MR) is 82.2 cm³/mol. The second-order valence-corrected chi connectivity index (χ2v) is 7.12. The number of hydrogen-bond acceptors (Lipinski definition) is 3. The third kappa shape index (κ3) is 3.65. The lowest BCUT2D eigenvalue weighted by molar-refractivity contribution is 0.457. The molecule has 0 bridgehead atoms. The average Bonchev–Trinajstić information content (AvgIpc) is 2.78. The van der Waals surface area contributed by atoms with Gasteiger partial charge in [-0.05, 0) is 36.8 Å². The van der Waals surface area contributed by atoms with Gasteiger partial charge in [0.05, 0.1) is 0 Å². The van der Waals surface area contributed by atoms with Gasteiger partial charge in [0.1, 0.15) is 5.75 Å². The van der Waals surface area contributed by atoms with Gasteiger partial charge in [0, 0.05) is 27.9 Å². The van der Waals surface area contributed by atoms with Crippen LogP contribution in [-0.4, -0.2) is 22.2 Å². The number of halogens is 1. The molecule has 0 saturated heterocycles. The molecular formula is C14H20BrNOS. The molecule has 1 aromatic carbocycles. The van der Waals surface area contributed by atoms with Crippen LogP contribution in [0.15, 0.2) is 22.7 Å². The van der Waals surface area contributed by atoms with Crippen molar-refractivity contribution in [1.29, 1.82) is 0 Å². The predicted octanol–water partition coefficient (Wildman–Crippen LogP) is 3.92. The van der Waals surface area contributed by atoms with Gasteiger partial charge in [-0.1, -0.05) is 29.3 Å². The number of rotatable bonds is 5. The number of thioether (sulfide) groups is 1. The molecule has 1 aliphatic rings. The lowest BCUT2D eigenvalue weighted by Crippen LogP contribution is -2.33. The van der Waals surface area contributed by atoms with Crippen molar-refractivity contribution in [2.45, 2.75) is 44.0 Å². The van der Waals surface area contributed by atoms with Gasteiger partial charge < -0.3 is 10.4 Å². The Bertz CT molecular complexity index is 399. The minimum atomic E-state index is 0.378. The van der Waals surface area contributed by atoms with Crippen LogP contribution in [0.5, 0.6) is 5.75 Å². The van der Waals surface area contributed by atoms with E-state index in [4.69, 9.17) is 0 Å². The zero-order chi connectivity index (χ0) is 13.0. The first-order valence-corrected chi connectivity index (χ1v) is 8.37. The number of phenols is 1. The van der Waals surface area contributed by atoms with E-state index in [2.05, 4.69) is 39.9 Å². The quantitative estimate of drug-likeness (QED) is 0.858. The molecule has 1 aliphatic carbocycles. The van der Waals surface area contributed by atoms with Crippen molar-refractivity contribution < 1.29 is 5.11 Å². The van der Waals surface area contributed by atoms with Gasteiger partial charge in [-0.3, -0.25) is 0 Å². The molecule has 4 heteroatoms. The Hall–Kier alpha value is -0.190. The van der Waals surface area contributed by atoms with Crippen molar-refractivity contribution >= 4 is 27.7 Å². The molecule has 2 unspecified atom stereocenters. The number of benzene rings is 1. The van der Waals surface area contributed by atoms with Gasteiger partial charge in [0.15, 0.2) is 0 Å². The zero-order valence-electron chi connectivity index (χ0n) is 10.7. The lowest BCUT2D eigenvalue weighted by atomic mass is 10.1. The van der Waals surface area contributed by atoms with Crippen LogP contribution in [0.1, 0.15) is 31.7 Å². The molecule has 2 rings (SSSR count). The third-order valence-corrected chi connectivity index (χ3v) is 5.25. The van der Waals surface area contributed by atoms with Crippen molar-refractivity contribution in [3.05, 3.63) is 28.2 Å². The van der Waals surface area contributed by atoms with Gasteiger partial charge in [0.2, 0.25) is 0 Å². The summed E-state index contributed by atoms with van der Waals surface area (Å²) in [5.41, 5.74) is 0.969. The SMILES string of the molecule is CCSC1CCCC1NCc1cc(Br)ccc1O. The zero-order valence-corrected chi connectivity index (χ0v) is 13.1. The smallest absolute Gasteiger partial charge is 0.120 e. The Labute approximate surface area is 122 Å². The summed E-state index contributed by atoms with van der Waals surface area (Å²) in [6.07, 6.45) is 3.90. The van der Waals surface area contributed by atoms with Crippen LogP contribution in [0.4, 0.5) is 0 Å². The Balaban J connectivity index is 1.92. The van der Waals surface area contributed by atoms with Crippen LogP contribution in [0.3, 0.4) is 0 Å². The van der Waals surface area contributed by atoms with Gasteiger partial charge in [0.25, 0.3) is 0 Å². The van der Waals surface area contributed by atoms with E-state index in [1.54, 1.807) is 6.07 Å². The molecule has 18 heavy (non-hydrogen) atoms. The van der Waals surface area contributed by atoms with E-state index in [-0.39, 0.29) is 0 Å². The Kier molecular flexibility index (Phi) is 5.39. The minimum Gasteiger partial charge on any atom is -0.508 e. The summed E-state index contributed by atoms with van der Waals surface area (Å²) in [4.78, 5) is 0. The van der Waals surface area contributed by atoms with Crippen LogP contribution in [0.2, 0.25) is 0 Å². The Morgan fingerprint density at radius 3 is 3.06 bits per heavy atom. The summed E-state index contributed by atoms with van der Waals surface area (Å²) in [5, 5.41) is 14.2. The fraction of sp³-hybridized carbons (Fsp3) is 0.571. The summed E-state index contributed by atoms with van der Waals surface area (Å²) in [7, 11) is 0. The first-order valence-electron chi connectivity index (χ1n) is 6.53. The molecule has 0 heterocycles. The molecule has 0 aliphatic heterocycles. The standard InChI is InChI=1S/C14H20BrNOS/c1-2-18-14-5-3-4-12(14)16-9-10-8-11(15)6-7-13(10)17/h6-8,12,14,16-17H,2-5,9H2,1H3. The molecule has 1 saturated carbocycles. The maximum atomic E-state index is 9.81. The molecule has 2 nitrogen and oxygen atoms in total. The first-order chi connectivity index (χ1) is 8.70. The fourth-order valence-electron chi connectivity index (χ4n) is 2.51. The van der Waals surface area contributed by atoms with Crippen LogP contribution in [0.25, 0.3) is 0 Å². The van der Waals surface area contributed by atoms with Crippen molar-refractivity contribution in [2.75, 3.05) is 5.75 Å². The molecule has 2 atom stereocenters. The summed E-state index contributed by atoms with van der Waals surface area (Å²) in [6, 6.07) is 6.19. The molecule has 0 radical (unpaired) electrons. The number of phenolic OH excluding ortho intramolecular Hbond substituents is 1. The summed E-state index contributed by atoms with van der Waals surface area (Å²) in [6.45, 7) is 2.97. The molecule has 0 amide bonds. The van der Waals surface area contributed by atoms with Crippen molar-refractivity contribution in [3.63, 3.8) is 0 Å². The summed E-state index contributed by atoms with van der Waals surface area (Å²) < 4.78 is 1.02. The van der Waals surface area contributed by atoms with Crippen LogP contribution >= 0.6 is 27.7 Å². The normalized spacial score (nSPS) is 23.4. The molecule has 1 aromatic rings. The average molecular weight is 330 g/mol. The molecule has 1 fully saturated rings. The number of nitrogens with one attached hydrogen (secondary N) is 1. The van der Waals surface area contributed by atoms with Gasteiger partial charge in [-0.15, -0.1) is 0 Å². The van der Waals surface area contributed by atoms with Crippen LogP contribution < -0.4 is 5.32 Å². The molecule has 0 spiro atoms. The Morgan fingerprint density at radius 1 is 1.44 bits per heavy atom. The van der Waals surface area contributed by atoms with E-state index >= 15 is 0 Å². The maximum Gasteiger partial charge on any atom is 0.120 e. The van der Waals surface area contributed by atoms with E-state index in [9.17, 15) is 5.11 Å².